The van der Waals surface area contributed by atoms with Gasteiger partial charge in [0.05, 0.1) is 0 Å². The number of rotatable bonds is 4. The lowest BCUT2D eigenvalue weighted by atomic mass is 9.83. The number of piperidine rings is 1. The number of hydrogen-bond acceptors (Lipinski definition) is 3. The molecule has 0 saturated carbocycles. The van der Waals surface area contributed by atoms with Crippen LogP contribution >= 0.6 is 0 Å². The van der Waals surface area contributed by atoms with Gasteiger partial charge in [0, 0.05) is 43.0 Å². The van der Waals surface area contributed by atoms with Crippen LogP contribution in [-0.2, 0) is 11.3 Å². The Labute approximate surface area is 182 Å². The second kappa shape index (κ2) is 8.57. The summed E-state index contributed by atoms with van der Waals surface area (Å²) >= 11 is 0. The Morgan fingerprint density at radius 1 is 1.06 bits per heavy atom. The van der Waals surface area contributed by atoms with Gasteiger partial charge >= 0.3 is 6.03 Å². The Kier molecular flexibility index (Phi) is 5.85. The van der Waals surface area contributed by atoms with Gasteiger partial charge in [-0.05, 0) is 48.9 Å². The summed E-state index contributed by atoms with van der Waals surface area (Å²) in [5.41, 5.74) is 2.80. The van der Waals surface area contributed by atoms with E-state index in [0.29, 0.717) is 19.6 Å². The Morgan fingerprint density at radius 2 is 1.84 bits per heavy atom. The second-order valence-electron chi connectivity index (χ2n) is 9.13. The van der Waals surface area contributed by atoms with Crippen molar-refractivity contribution in [3.05, 3.63) is 64.1 Å². The topological polar surface area (TPSA) is 83.4 Å². The molecule has 31 heavy (non-hydrogen) atoms. The van der Waals surface area contributed by atoms with E-state index < -0.39 is 6.04 Å². The van der Waals surface area contributed by atoms with Gasteiger partial charge in [-0.25, -0.2) is 4.79 Å². The maximum atomic E-state index is 13.1. The van der Waals surface area contributed by atoms with Crippen molar-refractivity contribution in [2.75, 3.05) is 18.4 Å². The fourth-order valence-electron chi connectivity index (χ4n) is 4.76. The van der Waals surface area contributed by atoms with Gasteiger partial charge in [0.2, 0.25) is 5.91 Å². The van der Waals surface area contributed by atoms with Crippen LogP contribution in [0.4, 0.5) is 10.5 Å². The number of carbonyl (C=O) groups excluding carboxylic acids is 2. The van der Waals surface area contributed by atoms with E-state index in [-0.39, 0.29) is 35.3 Å². The molecule has 2 aliphatic rings. The molecule has 4 rings (SSSR count). The quantitative estimate of drug-likeness (QED) is 0.795. The fraction of sp³-hybridized carbons (Fsp3) is 0.458. The van der Waals surface area contributed by atoms with Crippen LogP contribution in [0.15, 0.2) is 47.3 Å². The largest absolute Gasteiger partial charge is 0.326 e. The lowest BCUT2D eigenvalue weighted by molar-refractivity contribution is -0.118. The predicted octanol–water partition coefficient (Wildman–Crippen LogP) is 2.95. The molecular formula is C24H30N4O3. The molecule has 1 aromatic heterocycles. The normalized spacial score (nSPS) is 20.7. The smallest absolute Gasteiger partial charge is 0.318 e. The van der Waals surface area contributed by atoms with Crippen molar-refractivity contribution >= 4 is 17.6 Å². The third-order valence-corrected chi connectivity index (χ3v) is 6.28. The Bertz CT molecular complexity index is 1050. The fourth-order valence-corrected chi connectivity index (χ4v) is 4.76. The number of anilines is 1. The van der Waals surface area contributed by atoms with Gasteiger partial charge in [-0.2, -0.15) is 0 Å². The van der Waals surface area contributed by atoms with Gasteiger partial charge < -0.3 is 20.1 Å². The standard InChI is InChI=1S/C24H30N4O3/c1-15(2)22(23(30)25-19-7-4-6-16(3)10-19)26-24(31)27-12-17-11-18(14-27)20-8-5-9-21(29)28(20)13-17/h4-10,15,17-18,22H,11-14H2,1-3H3,(H,25,30)(H,26,31)/t17-,18+,22-/m0/s1. The summed E-state index contributed by atoms with van der Waals surface area (Å²) in [7, 11) is 0. The van der Waals surface area contributed by atoms with E-state index in [4.69, 9.17) is 0 Å². The Hall–Kier alpha value is -3.09. The van der Waals surface area contributed by atoms with Crippen molar-refractivity contribution in [2.45, 2.75) is 45.7 Å². The summed E-state index contributed by atoms with van der Waals surface area (Å²) < 4.78 is 1.85. The number of nitrogens with zero attached hydrogens (tertiary/aromatic N) is 2. The molecule has 1 aromatic carbocycles. The maximum Gasteiger partial charge on any atom is 0.318 e. The minimum atomic E-state index is -0.635. The summed E-state index contributed by atoms with van der Waals surface area (Å²) in [6, 6.07) is 12.1. The molecule has 1 fully saturated rings. The van der Waals surface area contributed by atoms with Gasteiger partial charge in [-0.3, -0.25) is 9.59 Å². The molecule has 2 bridgehead atoms. The van der Waals surface area contributed by atoms with Crippen LogP contribution in [0.3, 0.4) is 0 Å². The molecule has 0 radical (unpaired) electrons. The minimum absolute atomic E-state index is 0.0257. The van der Waals surface area contributed by atoms with Gasteiger partial charge in [-0.1, -0.05) is 32.0 Å². The molecule has 0 spiro atoms. The molecule has 2 N–H and O–H groups in total. The maximum absolute atomic E-state index is 13.1. The Morgan fingerprint density at radius 3 is 2.58 bits per heavy atom. The first-order chi connectivity index (χ1) is 14.8. The van der Waals surface area contributed by atoms with Crippen LogP contribution < -0.4 is 16.2 Å². The van der Waals surface area contributed by atoms with Crippen molar-refractivity contribution in [1.82, 2.24) is 14.8 Å². The third-order valence-electron chi connectivity index (χ3n) is 6.28. The number of hydrogen-bond donors (Lipinski definition) is 2. The van der Waals surface area contributed by atoms with Crippen molar-refractivity contribution in [3.63, 3.8) is 0 Å². The third kappa shape index (κ3) is 4.50. The zero-order valence-corrected chi connectivity index (χ0v) is 18.3. The zero-order valence-electron chi connectivity index (χ0n) is 18.3. The molecule has 7 nitrogen and oxygen atoms in total. The highest BCUT2D eigenvalue weighted by molar-refractivity contribution is 5.97. The number of urea groups is 1. The van der Waals surface area contributed by atoms with E-state index in [1.54, 1.807) is 17.0 Å². The van der Waals surface area contributed by atoms with E-state index >= 15 is 0 Å². The van der Waals surface area contributed by atoms with Crippen LogP contribution in [0.1, 0.15) is 37.4 Å². The molecular weight excluding hydrogens is 392 g/mol. The zero-order chi connectivity index (χ0) is 22.1. The number of carbonyl (C=O) groups is 2. The highest BCUT2D eigenvalue weighted by Crippen LogP contribution is 2.34. The second-order valence-corrected chi connectivity index (χ2v) is 9.13. The first kappa shape index (κ1) is 21.2. The molecule has 0 aliphatic carbocycles. The monoisotopic (exact) mass is 422 g/mol. The minimum Gasteiger partial charge on any atom is -0.326 e. The average molecular weight is 423 g/mol. The number of amides is 3. The lowest BCUT2D eigenvalue weighted by Gasteiger charge is -2.43. The number of aromatic nitrogens is 1. The summed E-state index contributed by atoms with van der Waals surface area (Å²) in [6.07, 6.45) is 0.981. The highest BCUT2D eigenvalue weighted by atomic mass is 16.2. The molecule has 2 aliphatic heterocycles. The first-order valence-corrected chi connectivity index (χ1v) is 10.9. The van der Waals surface area contributed by atoms with Crippen LogP contribution in [0, 0.1) is 18.8 Å². The Balaban J connectivity index is 1.45. The van der Waals surface area contributed by atoms with Crippen molar-refractivity contribution < 1.29 is 9.59 Å². The number of nitrogens with one attached hydrogen (secondary N) is 2. The molecule has 0 unspecified atom stereocenters. The van der Waals surface area contributed by atoms with E-state index in [2.05, 4.69) is 10.6 Å². The molecule has 3 heterocycles. The number of aryl methyl sites for hydroxylation is 1. The van der Waals surface area contributed by atoms with Gasteiger partial charge in [0.15, 0.2) is 0 Å². The average Bonchev–Trinajstić information content (AvgIpc) is 2.72. The summed E-state index contributed by atoms with van der Waals surface area (Å²) in [6.45, 7) is 7.60. The van der Waals surface area contributed by atoms with E-state index in [1.165, 1.54) is 0 Å². The van der Waals surface area contributed by atoms with Gasteiger partial charge in [0.25, 0.3) is 5.56 Å². The molecule has 3 atom stereocenters. The van der Waals surface area contributed by atoms with Gasteiger partial charge in [0.1, 0.15) is 6.04 Å². The first-order valence-electron chi connectivity index (χ1n) is 10.9. The lowest BCUT2D eigenvalue weighted by Crippen LogP contribution is -2.56. The van der Waals surface area contributed by atoms with Gasteiger partial charge in [-0.15, -0.1) is 0 Å². The van der Waals surface area contributed by atoms with Crippen molar-refractivity contribution in [2.24, 2.45) is 11.8 Å². The SMILES string of the molecule is Cc1cccc(NC(=O)[C@@H](NC(=O)N2C[C@@H]3C[C@H](C2)c2cccc(=O)n2C3)C(C)C)c1. The van der Waals surface area contributed by atoms with Crippen LogP contribution in [0.25, 0.3) is 0 Å². The molecule has 7 heteroatoms. The number of benzene rings is 1. The summed E-state index contributed by atoms with van der Waals surface area (Å²) in [4.78, 5) is 40.0. The number of fused-ring (bicyclic) bond motifs is 4. The molecule has 1 saturated heterocycles. The number of pyridine rings is 1. The van der Waals surface area contributed by atoms with E-state index in [0.717, 1.165) is 23.4 Å². The van der Waals surface area contributed by atoms with Crippen LogP contribution in [0.5, 0.6) is 0 Å². The number of likely N-dealkylation sites (tertiary alicyclic amines) is 1. The molecule has 2 aromatic rings. The van der Waals surface area contributed by atoms with E-state index in [9.17, 15) is 14.4 Å². The molecule has 164 valence electrons. The summed E-state index contributed by atoms with van der Waals surface area (Å²) in [5, 5.41) is 5.87. The summed E-state index contributed by atoms with van der Waals surface area (Å²) in [5.74, 6) is 0.113. The van der Waals surface area contributed by atoms with Crippen molar-refractivity contribution in [3.8, 4) is 0 Å². The highest BCUT2D eigenvalue weighted by Gasteiger charge is 2.37. The van der Waals surface area contributed by atoms with Crippen LogP contribution in [-0.4, -0.2) is 40.5 Å². The van der Waals surface area contributed by atoms with Crippen LogP contribution in [0.2, 0.25) is 0 Å². The predicted molar refractivity (Wildman–Crippen MR) is 120 cm³/mol. The van der Waals surface area contributed by atoms with E-state index in [1.807, 2.05) is 55.7 Å². The van der Waals surface area contributed by atoms with Crippen molar-refractivity contribution in [1.29, 1.82) is 0 Å². The molecule has 3 amide bonds.